The molecule has 2 aromatic carbocycles. The Hall–Kier alpha value is -1.94. The van der Waals surface area contributed by atoms with Crippen LogP contribution in [-0.2, 0) is 0 Å². The lowest BCUT2D eigenvalue weighted by Crippen LogP contribution is -2.31. The van der Waals surface area contributed by atoms with E-state index in [4.69, 9.17) is 0 Å². The maximum absolute atomic E-state index is 12.2. The molecule has 1 aliphatic rings. The van der Waals surface area contributed by atoms with Crippen molar-refractivity contribution in [1.82, 2.24) is 0 Å². The second-order valence-electron chi connectivity index (χ2n) is 4.36. The van der Waals surface area contributed by atoms with E-state index in [2.05, 4.69) is 21.2 Å². The van der Waals surface area contributed by atoms with E-state index in [1.807, 2.05) is 24.3 Å². The summed E-state index contributed by atoms with van der Waals surface area (Å²) in [5, 5.41) is 2.99. The highest BCUT2D eigenvalue weighted by Crippen LogP contribution is 2.25. The SMILES string of the molecule is O=C1c2ccccc2C(=O)C1Nc1ccc(Br)cc1. The first-order valence-corrected chi connectivity index (χ1v) is 6.65. The van der Waals surface area contributed by atoms with E-state index in [1.54, 1.807) is 24.3 Å². The molecule has 2 aromatic rings. The number of hydrogen-bond donors (Lipinski definition) is 1. The molecule has 3 rings (SSSR count). The summed E-state index contributed by atoms with van der Waals surface area (Å²) >= 11 is 3.34. The molecule has 0 saturated heterocycles. The number of benzene rings is 2. The van der Waals surface area contributed by atoms with Crippen molar-refractivity contribution >= 4 is 33.2 Å². The van der Waals surface area contributed by atoms with Crippen LogP contribution in [0, 0.1) is 0 Å². The van der Waals surface area contributed by atoms with E-state index in [0.29, 0.717) is 11.1 Å². The van der Waals surface area contributed by atoms with Crippen molar-refractivity contribution in [2.75, 3.05) is 5.32 Å². The number of rotatable bonds is 2. The third-order valence-corrected chi connectivity index (χ3v) is 3.67. The third kappa shape index (κ3) is 2.08. The second kappa shape index (κ2) is 4.63. The Morgan fingerprint density at radius 3 is 1.89 bits per heavy atom. The third-order valence-electron chi connectivity index (χ3n) is 3.14. The van der Waals surface area contributed by atoms with Crippen molar-refractivity contribution in [3.05, 3.63) is 64.1 Å². The van der Waals surface area contributed by atoms with Gasteiger partial charge in [0.25, 0.3) is 0 Å². The van der Waals surface area contributed by atoms with Crippen LogP contribution in [0.3, 0.4) is 0 Å². The summed E-state index contributed by atoms with van der Waals surface area (Å²) in [6.07, 6.45) is 0. The minimum absolute atomic E-state index is 0.163. The number of hydrogen-bond acceptors (Lipinski definition) is 3. The summed E-state index contributed by atoms with van der Waals surface area (Å²) in [6, 6.07) is 13.5. The van der Waals surface area contributed by atoms with Gasteiger partial charge in [0.2, 0.25) is 0 Å². The zero-order chi connectivity index (χ0) is 13.4. The van der Waals surface area contributed by atoms with Crippen LogP contribution in [0.4, 0.5) is 5.69 Å². The highest BCUT2D eigenvalue weighted by Gasteiger charge is 2.38. The largest absolute Gasteiger partial charge is 0.369 e. The van der Waals surface area contributed by atoms with Crippen LogP contribution >= 0.6 is 15.9 Å². The normalized spacial score (nSPS) is 14.6. The Kier molecular flexibility index (Phi) is 2.95. The maximum Gasteiger partial charge on any atom is 0.193 e. The van der Waals surface area contributed by atoms with E-state index in [-0.39, 0.29) is 11.6 Å². The fraction of sp³-hybridized carbons (Fsp3) is 0.0667. The lowest BCUT2D eigenvalue weighted by atomic mass is 10.1. The van der Waals surface area contributed by atoms with Gasteiger partial charge in [-0.05, 0) is 24.3 Å². The van der Waals surface area contributed by atoms with E-state index in [1.165, 1.54) is 0 Å². The Labute approximate surface area is 118 Å². The molecule has 4 heteroatoms. The van der Waals surface area contributed by atoms with Crippen LogP contribution in [0.2, 0.25) is 0 Å². The van der Waals surface area contributed by atoms with Gasteiger partial charge in [-0.25, -0.2) is 0 Å². The van der Waals surface area contributed by atoms with Crippen molar-refractivity contribution in [2.24, 2.45) is 0 Å². The first-order valence-electron chi connectivity index (χ1n) is 5.86. The number of nitrogens with one attached hydrogen (secondary N) is 1. The van der Waals surface area contributed by atoms with Crippen LogP contribution in [0.15, 0.2) is 53.0 Å². The molecule has 0 spiro atoms. The second-order valence-corrected chi connectivity index (χ2v) is 5.27. The molecule has 3 nitrogen and oxygen atoms in total. The summed E-state index contributed by atoms with van der Waals surface area (Å²) in [4.78, 5) is 24.4. The average Bonchev–Trinajstić information content (AvgIpc) is 2.67. The van der Waals surface area contributed by atoms with E-state index >= 15 is 0 Å². The summed E-state index contributed by atoms with van der Waals surface area (Å²) in [7, 11) is 0. The molecule has 0 aromatic heterocycles. The van der Waals surface area contributed by atoms with Gasteiger partial charge in [0.05, 0.1) is 0 Å². The van der Waals surface area contributed by atoms with Crippen LogP contribution in [0.25, 0.3) is 0 Å². The van der Waals surface area contributed by atoms with Crippen LogP contribution in [0.5, 0.6) is 0 Å². The molecule has 0 aliphatic heterocycles. The zero-order valence-corrected chi connectivity index (χ0v) is 11.5. The first-order chi connectivity index (χ1) is 9.16. The smallest absolute Gasteiger partial charge is 0.193 e. The Balaban J connectivity index is 1.90. The first kappa shape index (κ1) is 12.1. The molecule has 0 saturated carbocycles. The Bertz CT molecular complexity index is 629. The Morgan fingerprint density at radius 1 is 0.842 bits per heavy atom. The van der Waals surface area contributed by atoms with E-state index < -0.39 is 6.04 Å². The molecule has 0 atom stereocenters. The molecule has 1 aliphatic carbocycles. The molecule has 0 radical (unpaired) electrons. The van der Waals surface area contributed by atoms with Crippen LogP contribution < -0.4 is 5.32 Å². The minimum Gasteiger partial charge on any atom is -0.369 e. The van der Waals surface area contributed by atoms with Crippen molar-refractivity contribution in [3.8, 4) is 0 Å². The fourth-order valence-corrected chi connectivity index (χ4v) is 2.45. The highest BCUT2D eigenvalue weighted by atomic mass is 79.9. The predicted octanol–water partition coefficient (Wildman–Crippen LogP) is 3.31. The van der Waals surface area contributed by atoms with Crippen molar-refractivity contribution in [1.29, 1.82) is 0 Å². The van der Waals surface area contributed by atoms with Gasteiger partial charge in [0.1, 0.15) is 0 Å². The molecular formula is C15H10BrNO2. The molecule has 1 N–H and O–H groups in total. The van der Waals surface area contributed by atoms with E-state index in [9.17, 15) is 9.59 Å². The van der Waals surface area contributed by atoms with Gasteiger partial charge in [-0.3, -0.25) is 9.59 Å². The molecule has 0 fully saturated rings. The van der Waals surface area contributed by atoms with Crippen molar-refractivity contribution in [2.45, 2.75) is 6.04 Å². The van der Waals surface area contributed by atoms with Gasteiger partial charge < -0.3 is 5.32 Å². The van der Waals surface area contributed by atoms with Gasteiger partial charge >= 0.3 is 0 Å². The predicted molar refractivity (Wildman–Crippen MR) is 76.7 cm³/mol. The zero-order valence-electron chi connectivity index (χ0n) is 9.89. The van der Waals surface area contributed by atoms with E-state index in [0.717, 1.165) is 10.2 Å². The van der Waals surface area contributed by atoms with Gasteiger partial charge in [0.15, 0.2) is 17.6 Å². The summed E-state index contributed by atoms with van der Waals surface area (Å²) in [5.74, 6) is -0.327. The molecule has 19 heavy (non-hydrogen) atoms. The summed E-state index contributed by atoms with van der Waals surface area (Å²) in [6.45, 7) is 0. The van der Waals surface area contributed by atoms with Crippen LogP contribution in [-0.4, -0.2) is 17.6 Å². The molecule has 94 valence electrons. The van der Waals surface area contributed by atoms with Gasteiger partial charge in [-0.2, -0.15) is 0 Å². The Morgan fingerprint density at radius 2 is 1.37 bits per heavy atom. The molecule has 0 amide bonds. The number of anilines is 1. The number of ketones is 2. The lowest BCUT2D eigenvalue weighted by molar-refractivity contribution is 0.0904. The van der Waals surface area contributed by atoms with Gasteiger partial charge in [-0.1, -0.05) is 40.2 Å². The average molecular weight is 316 g/mol. The van der Waals surface area contributed by atoms with Crippen molar-refractivity contribution < 1.29 is 9.59 Å². The number of fused-ring (bicyclic) bond motifs is 1. The van der Waals surface area contributed by atoms with Gasteiger partial charge in [0, 0.05) is 21.3 Å². The highest BCUT2D eigenvalue weighted by molar-refractivity contribution is 9.10. The standard InChI is InChI=1S/C15H10BrNO2/c16-9-5-7-10(8-6-9)17-13-14(18)11-3-1-2-4-12(11)15(13)19/h1-8,13,17H. The monoisotopic (exact) mass is 315 g/mol. The lowest BCUT2D eigenvalue weighted by Gasteiger charge is -2.11. The number of carbonyl (C=O) groups excluding carboxylic acids is 2. The quantitative estimate of drug-likeness (QED) is 0.865. The molecular weight excluding hydrogens is 306 g/mol. The molecule has 0 heterocycles. The van der Waals surface area contributed by atoms with Gasteiger partial charge in [-0.15, -0.1) is 0 Å². The number of halogens is 1. The fourth-order valence-electron chi connectivity index (χ4n) is 2.19. The number of carbonyl (C=O) groups is 2. The van der Waals surface area contributed by atoms with Crippen LogP contribution in [0.1, 0.15) is 20.7 Å². The topological polar surface area (TPSA) is 46.2 Å². The number of Topliss-reactive ketones (excluding diaryl/α,β-unsaturated/α-hetero) is 2. The molecule has 0 unspecified atom stereocenters. The summed E-state index contributed by atoms with van der Waals surface area (Å²) < 4.78 is 0.949. The minimum atomic E-state index is -0.807. The van der Waals surface area contributed by atoms with Crippen molar-refractivity contribution in [3.63, 3.8) is 0 Å². The maximum atomic E-state index is 12.2. The molecule has 0 bridgehead atoms. The summed E-state index contributed by atoms with van der Waals surface area (Å²) in [5.41, 5.74) is 1.76.